The molecule has 0 bridgehead atoms. The smallest absolute Gasteiger partial charge is 0.337 e. The number of aromatic carboxylic acids is 1. The number of benzene rings is 1. The molecule has 0 aliphatic carbocycles. The molecule has 0 aromatic heterocycles. The number of rotatable bonds is 2. The average molecular weight is 209 g/mol. The van der Waals surface area contributed by atoms with Gasteiger partial charge in [0.05, 0.1) is 13.6 Å². The van der Waals surface area contributed by atoms with Crippen molar-refractivity contribution in [1.29, 1.82) is 0 Å². The van der Waals surface area contributed by atoms with Crippen LogP contribution in [-0.4, -0.2) is 19.1 Å². The van der Waals surface area contributed by atoms with Gasteiger partial charge in [-0.3, -0.25) is 0 Å². The zero-order valence-corrected chi connectivity index (χ0v) is 9.66. The average Bonchev–Trinajstić information content (AvgIpc) is 2.01. The Bertz CT molecular complexity index is 369. The van der Waals surface area contributed by atoms with Crippen molar-refractivity contribution < 1.29 is 9.90 Å². The fourth-order valence-electron chi connectivity index (χ4n) is 1.41. The first kappa shape index (κ1) is 10.8. The summed E-state index contributed by atoms with van der Waals surface area (Å²) in [6, 6.07) is 5.22. The second-order valence-electron chi connectivity index (χ2n) is 4.32. The third kappa shape index (κ3) is 1.96. The summed E-state index contributed by atoms with van der Waals surface area (Å²) in [5, 5.41) is 9.90. The van der Waals surface area contributed by atoms with E-state index < -0.39 is 14.0 Å². The highest BCUT2D eigenvalue weighted by atomic mass is 28.3. The summed E-state index contributed by atoms with van der Waals surface area (Å²) in [7, 11) is -1.54. The quantitative estimate of drug-likeness (QED) is 0.573. The van der Waals surface area contributed by atoms with Gasteiger partial charge < -0.3 is 10.8 Å². The van der Waals surface area contributed by atoms with Crippen molar-refractivity contribution in [2.45, 2.75) is 19.6 Å². The molecule has 1 aromatic carbocycles. The Morgan fingerprint density at radius 2 is 1.93 bits per heavy atom. The Morgan fingerprint density at radius 3 is 2.36 bits per heavy atom. The fourth-order valence-corrected chi connectivity index (χ4v) is 2.94. The SMILES string of the molecule is C[Si](C)(C)c1cccc(C(=O)O)c1N. The number of nitrogen functional groups attached to an aromatic ring is 1. The van der Waals surface area contributed by atoms with E-state index in [0.29, 0.717) is 5.69 Å². The zero-order chi connectivity index (χ0) is 10.9. The number of para-hydroxylation sites is 1. The summed E-state index contributed by atoms with van der Waals surface area (Å²) in [4.78, 5) is 10.8. The Kier molecular flexibility index (Phi) is 2.66. The normalized spacial score (nSPS) is 11.4. The number of nitrogens with two attached hydrogens (primary N) is 1. The minimum atomic E-state index is -1.54. The Balaban J connectivity index is 3.35. The standard InChI is InChI=1S/C10H15NO2Si/c1-14(2,3)8-6-4-5-7(9(8)11)10(12)13/h4-6H,11H2,1-3H3,(H,12,13). The first-order chi connectivity index (χ1) is 6.34. The zero-order valence-electron chi connectivity index (χ0n) is 8.66. The number of carboxylic acid groups (broad SMARTS) is 1. The van der Waals surface area contributed by atoms with Gasteiger partial charge in [-0.2, -0.15) is 0 Å². The molecule has 0 aliphatic rings. The predicted molar refractivity (Wildman–Crippen MR) is 60.8 cm³/mol. The van der Waals surface area contributed by atoms with Crippen LogP contribution in [0.5, 0.6) is 0 Å². The summed E-state index contributed by atoms with van der Waals surface area (Å²) >= 11 is 0. The number of hydrogen-bond acceptors (Lipinski definition) is 2. The molecule has 0 saturated carbocycles. The molecule has 0 saturated heterocycles. The molecule has 0 amide bonds. The molecule has 0 heterocycles. The van der Waals surface area contributed by atoms with Crippen LogP contribution < -0.4 is 10.9 Å². The van der Waals surface area contributed by atoms with Crippen molar-refractivity contribution in [3.8, 4) is 0 Å². The molecule has 0 fully saturated rings. The molecule has 3 nitrogen and oxygen atoms in total. The van der Waals surface area contributed by atoms with E-state index in [-0.39, 0.29) is 5.56 Å². The molecule has 0 spiro atoms. The third-order valence-electron chi connectivity index (χ3n) is 2.14. The lowest BCUT2D eigenvalue weighted by molar-refractivity contribution is 0.0698. The van der Waals surface area contributed by atoms with E-state index in [2.05, 4.69) is 19.6 Å². The second-order valence-corrected chi connectivity index (χ2v) is 9.36. The summed E-state index contributed by atoms with van der Waals surface area (Å²) in [5.41, 5.74) is 6.47. The second kappa shape index (κ2) is 3.46. The molecule has 0 unspecified atom stereocenters. The number of hydrogen-bond donors (Lipinski definition) is 2. The van der Waals surface area contributed by atoms with Gasteiger partial charge >= 0.3 is 5.97 Å². The molecule has 0 aliphatic heterocycles. The first-order valence-electron chi connectivity index (χ1n) is 4.46. The molecule has 0 atom stereocenters. The van der Waals surface area contributed by atoms with Crippen LogP contribution in [0.4, 0.5) is 5.69 Å². The van der Waals surface area contributed by atoms with Crippen molar-refractivity contribution in [3.63, 3.8) is 0 Å². The molecule has 1 rings (SSSR count). The van der Waals surface area contributed by atoms with Crippen LogP contribution in [-0.2, 0) is 0 Å². The maximum absolute atomic E-state index is 10.8. The largest absolute Gasteiger partial charge is 0.478 e. The maximum Gasteiger partial charge on any atom is 0.337 e. The molecule has 0 radical (unpaired) electrons. The number of anilines is 1. The molecule has 1 aromatic rings. The highest BCUT2D eigenvalue weighted by Crippen LogP contribution is 2.14. The minimum Gasteiger partial charge on any atom is -0.478 e. The Labute approximate surface area is 84.6 Å². The summed E-state index contributed by atoms with van der Waals surface area (Å²) < 4.78 is 0. The topological polar surface area (TPSA) is 63.3 Å². The highest BCUT2D eigenvalue weighted by Gasteiger charge is 2.22. The van der Waals surface area contributed by atoms with Gasteiger partial charge in [0, 0.05) is 5.69 Å². The van der Waals surface area contributed by atoms with Gasteiger partial charge in [-0.05, 0) is 11.3 Å². The first-order valence-corrected chi connectivity index (χ1v) is 7.96. The van der Waals surface area contributed by atoms with Gasteiger partial charge in [-0.1, -0.05) is 31.8 Å². The van der Waals surface area contributed by atoms with Crippen molar-refractivity contribution in [2.75, 3.05) is 5.73 Å². The highest BCUT2D eigenvalue weighted by molar-refractivity contribution is 6.89. The van der Waals surface area contributed by atoms with E-state index in [4.69, 9.17) is 10.8 Å². The lowest BCUT2D eigenvalue weighted by atomic mass is 10.2. The van der Waals surface area contributed by atoms with Crippen LogP contribution >= 0.6 is 0 Å². The van der Waals surface area contributed by atoms with Crippen LogP contribution in [0.1, 0.15) is 10.4 Å². The van der Waals surface area contributed by atoms with Crippen molar-refractivity contribution in [2.24, 2.45) is 0 Å². The van der Waals surface area contributed by atoms with Crippen LogP contribution in [0.25, 0.3) is 0 Å². The van der Waals surface area contributed by atoms with E-state index >= 15 is 0 Å². The molecule has 4 heteroatoms. The van der Waals surface area contributed by atoms with E-state index in [1.165, 1.54) is 0 Å². The van der Waals surface area contributed by atoms with Crippen LogP contribution in [0.3, 0.4) is 0 Å². The lowest BCUT2D eigenvalue weighted by Gasteiger charge is -2.19. The van der Waals surface area contributed by atoms with E-state index in [9.17, 15) is 4.79 Å². The van der Waals surface area contributed by atoms with Gasteiger partial charge in [-0.25, -0.2) is 4.79 Å². The fraction of sp³-hybridized carbons (Fsp3) is 0.300. The lowest BCUT2D eigenvalue weighted by Crippen LogP contribution is -2.40. The molecular formula is C10H15NO2Si. The van der Waals surface area contributed by atoms with E-state index in [1.807, 2.05) is 6.07 Å². The summed E-state index contributed by atoms with van der Waals surface area (Å²) in [6.45, 7) is 6.43. The van der Waals surface area contributed by atoms with Gasteiger partial charge in [0.2, 0.25) is 0 Å². The van der Waals surface area contributed by atoms with E-state index in [1.54, 1.807) is 12.1 Å². The van der Waals surface area contributed by atoms with E-state index in [0.717, 1.165) is 5.19 Å². The summed E-state index contributed by atoms with van der Waals surface area (Å²) in [6.07, 6.45) is 0. The van der Waals surface area contributed by atoms with Gasteiger partial charge in [-0.15, -0.1) is 0 Å². The monoisotopic (exact) mass is 209 g/mol. The minimum absolute atomic E-state index is 0.213. The maximum atomic E-state index is 10.8. The van der Waals surface area contributed by atoms with Gasteiger partial charge in [0.25, 0.3) is 0 Å². The van der Waals surface area contributed by atoms with Crippen molar-refractivity contribution in [3.05, 3.63) is 23.8 Å². The summed E-state index contributed by atoms with van der Waals surface area (Å²) in [5.74, 6) is -0.956. The third-order valence-corrected chi connectivity index (χ3v) is 4.20. The molecule has 14 heavy (non-hydrogen) atoms. The molecule has 76 valence electrons. The Morgan fingerprint density at radius 1 is 1.36 bits per heavy atom. The molecular weight excluding hydrogens is 194 g/mol. The van der Waals surface area contributed by atoms with Crippen LogP contribution in [0.15, 0.2) is 18.2 Å². The number of carboxylic acids is 1. The Hall–Kier alpha value is -1.29. The van der Waals surface area contributed by atoms with Crippen molar-refractivity contribution >= 4 is 24.9 Å². The van der Waals surface area contributed by atoms with Crippen LogP contribution in [0.2, 0.25) is 19.6 Å². The van der Waals surface area contributed by atoms with Crippen LogP contribution in [0, 0.1) is 0 Å². The predicted octanol–water partition coefficient (Wildman–Crippen LogP) is 1.51. The number of carbonyl (C=O) groups is 1. The van der Waals surface area contributed by atoms with Gasteiger partial charge in [0.15, 0.2) is 0 Å². The van der Waals surface area contributed by atoms with Gasteiger partial charge in [0.1, 0.15) is 0 Å². The molecule has 3 N–H and O–H groups in total. The van der Waals surface area contributed by atoms with Crippen molar-refractivity contribution in [1.82, 2.24) is 0 Å².